The van der Waals surface area contributed by atoms with Crippen LogP contribution in [-0.2, 0) is 28.9 Å². The lowest BCUT2D eigenvalue weighted by molar-refractivity contribution is -0.113. The maximum absolute atomic E-state index is 12.9. The summed E-state index contributed by atoms with van der Waals surface area (Å²) in [5, 5.41) is 12.9. The Morgan fingerprint density at radius 2 is 2.11 bits per heavy atom. The number of methoxy groups -OCH3 is 1. The number of hydrogen-bond acceptors (Lipinski definition) is 8. The fourth-order valence-corrected chi connectivity index (χ4v) is 6.42. The standard InChI is InChI=1S/C25H30N4O4S2/c1-5-29-22(16-8-7-9-17(13-16)32-4)27-28-25(29)34-14-20(30)26-23-21(24(31)33-6-2)18-11-10-15(3)12-19(18)35-23/h7-9,13,15H,5-6,10-12,14H2,1-4H3,(H,26,30). The molecular weight excluding hydrogens is 484 g/mol. The lowest BCUT2D eigenvalue weighted by Crippen LogP contribution is -2.18. The van der Waals surface area contributed by atoms with Gasteiger partial charge in [0.05, 0.1) is 25.0 Å². The first kappa shape index (κ1) is 25.2. The summed E-state index contributed by atoms with van der Waals surface area (Å²) in [5.74, 6) is 1.62. The van der Waals surface area contributed by atoms with Gasteiger partial charge in [-0.1, -0.05) is 30.8 Å². The first-order chi connectivity index (χ1) is 16.9. The summed E-state index contributed by atoms with van der Waals surface area (Å²) < 4.78 is 12.6. The zero-order valence-electron chi connectivity index (χ0n) is 20.4. The first-order valence-corrected chi connectivity index (χ1v) is 13.6. The number of anilines is 1. The number of thiophene rings is 1. The lowest BCUT2D eigenvalue weighted by Gasteiger charge is -2.18. The third-order valence-electron chi connectivity index (χ3n) is 5.94. The molecule has 8 nitrogen and oxygen atoms in total. The van der Waals surface area contributed by atoms with Crippen molar-refractivity contribution in [3.63, 3.8) is 0 Å². The number of carbonyl (C=O) groups is 2. The lowest BCUT2D eigenvalue weighted by atomic mass is 9.88. The SMILES string of the molecule is CCOC(=O)c1c(NC(=O)CSc2nnc(-c3cccc(OC)c3)n2CC)sc2c1CCC(C)C2. The van der Waals surface area contributed by atoms with Crippen molar-refractivity contribution >= 4 is 40.0 Å². The van der Waals surface area contributed by atoms with E-state index in [0.29, 0.717) is 34.8 Å². The van der Waals surface area contributed by atoms with Crippen LogP contribution in [-0.4, -0.2) is 46.1 Å². The van der Waals surface area contributed by atoms with Crippen molar-refractivity contribution in [1.82, 2.24) is 14.8 Å². The van der Waals surface area contributed by atoms with E-state index < -0.39 is 0 Å². The molecule has 0 radical (unpaired) electrons. The number of rotatable bonds is 9. The molecule has 4 rings (SSSR count). The molecule has 0 spiro atoms. The van der Waals surface area contributed by atoms with Gasteiger partial charge in [0.1, 0.15) is 10.8 Å². The average Bonchev–Trinajstić information content (AvgIpc) is 3.43. The van der Waals surface area contributed by atoms with Crippen LogP contribution < -0.4 is 10.1 Å². The molecular formula is C25H30N4O4S2. The van der Waals surface area contributed by atoms with Crippen molar-refractivity contribution in [2.45, 2.75) is 51.7 Å². The molecule has 186 valence electrons. The molecule has 0 bridgehead atoms. The van der Waals surface area contributed by atoms with Crippen LogP contribution in [0.15, 0.2) is 29.4 Å². The minimum Gasteiger partial charge on any atom is -0.497 e. The second-order valence-electron chi connectivity index (χ2n) is 8.40. The summed E-state index contributed by atoms with van der Waals surface area (Å²) in [7, 11) is 1.63. The van der Waals surface area contributed by atoms with Crippen molar-refractivity contribution < 1.29 is 19.1 Å². The number of fused-ring (bicyclic) bond motifs is 1. The number of nitrogens with zero attached hydrogens (tertiary/aromatic N) is 3. The number of hydrogen-bond donors (Lipinski definition) is 1. The normalized spacial score (nSPS) is 14.9. The van der Waals surface area contributed by atoms with Gasteiger partial charge in [0.25, 0.3) is 0 Å². The van der Waals surface area contributed by atoms with Crippen LogP contribution in [0.5, 0.6) is 5.75 Å². The number of amides is 1. The molecule has 0 fully saturated rings. The molecule has 2 aromatic heterocycles. The van der Waals surface area contributed by atoms with E-state index in [4.69, 9.17) is 9.47 Å². The quantitative estimate of drug-likeness (QED) is 0.315. The Morgan fingerprint density at radius 3 is 2.86 bits per heavy atom. The van der Waals surface area contributed by atoms with Crippen LogP contribution in [0.25, 0.3) is 11.4 Å². The fraction of sp³-hybridized carbons (Fsp3) is 0.440. The summed E-state index contributed by atoms with van der Waals surface area (Å²) in [6.07, 6.45) is 2.78. The van der Waals surface area contributed by atoms with Gasteiger partial charge >= 0.3 is 5.97 Å². The molecule has 1 N–H and O–H groups in total. The monoisotopic (exact) mass is 514 g/mol. The Morgan fingerprint density at radius 1 is 1.29 bits per heavy atom. The largest absolute Gasteiger partial charge is 0.497 e. The number of nitrogens with one attached hydrogen (secondary N) is 1. The Kier molecular flexibility index (Phi) is 8.12. The van der Waals surface area contributed by atoms with Gasteiger partial charge < -0.3 is 19.4 Å². The van der Waals surface area contributed by atoms with E-state index in [1.807, 2.05) is 35.8 Å². The van der Waals surface area contributed by atoms with Crippen LogP contribution in [0.2, 0.25) is 0 Å². The van der Waals surface area contributed by atoms with Gasteiger partial charge in [-0.15, -0.1) is 21.5 Å². The van der Waals surface area contributed by atoms with Crippen molar-refractivity contribution in [2.24, 2.45) is 5.92 Å². The molecule has 1 aliphatic rings. The van der Waals surface area contributed by atoms with Gasteiger partial charge in [0.15, 0.2) is 11.0 Å². The second-order valence-corrected chi connectivity index (χ2v) is 10.4. The molecule has 1 unspecified atom stereocenters. The van der Waals surface area contributed by atoms with E-state index in [1.54, 1.807) is 14.0 Å². The number of esters is 1. The zero-order chi connectivity index (χ0) is 24.9. The molecule has 0 saturated heterocycles. The minimum atomic E-state index is -0.365. The van der Waals surface area contributed by atoms with Gasteiger partial charge in [0, 0.05) is 17.0 Å². The van der Waals surface area contributed by atoms with E-state index in [9.17, 15) is 9.59 Å². The number of benzene rings is 1. The van der Waals surface area contributed by atoms with Gasteiger partial charge in [-0.2, -0.15) is 0 Å². The van der Waals surface area contributed by atoms with E-state index >= 15 is 0 Å². The molecule has 0 aliphatic heterocycles. The van der Waals surface area contributed by atoms with E-state index in [1.165, 1.54) is 28.0 Å². The Bertz CT molecular complexity index is 1220. The Labute approximate surface area is 213 Å². The molecule has 10 heteroatoms. The van der Waals surface area contributed by atoms with Gasteiger partial charge in [-0.25, -0.2) is 4.79 Å². The van der Waals surface area contributed by atoms with Crippen LogP contribution >= 0.6 is 23.1 Å². The molecule has 35 heavy (non-hydrogen) atoms. The molecule has 1 amide bonds. The van der Waals surface area contributed by atoms with E-state index in [0.717, 1.165) is 42.0 Å². The topological polar surface area (TPSA) is 95.3 Å². The average molecular weight is 515 g/mol. The molecule has 0 saturated carbocycles. The summed E-state index contributed by atoms with van der Waals surface area (Å²) in [4.78, 5) is 26.8. The summed E-state index contributed by atoms with van der Waals surface area (Å²) in [5.41, 5.74) is 2.45. The highest BCUT2D eigenvalue weighted by Gasteiger charge is 2.29. The number of aromatic nitrogens is 3. The van der Waals surface area contributed by atoms with E-state index in [-0.39, 0.29) is 17.6 Å². The highest BCUT2D eigenvalue weighted by Crippen LogP contribution is 2.40. The van der Waals surface area contributed by atoms with Crippen LogP contribution in [0.4, 0.5) is 5.00 Å². The Hall–Kier alpha value is -2.85. The molecule has 2 heterocycles. The van der Waals surface area contributed by atoms with Gasteiger partial charge in [0.2, 0.25) is 5.91 Å². The summed E-state index contributed by atoms with van der Waals surface area (Å²) >= 11 is 2.81. The number of thioether (sulfide) groups is 1. The molecule has 1 aliphatic carbocycles. The van der Waals surface area contributed by atoms with Gasteiger partial charge in [-0.3, -0.25) is 4.79 Å². The third-order valence-corrected chi connectivity index (χ3v) is 8.07. The van der Waals surface area contributed by atoms with Crippen molar-refractivity contribution in [3.8, 4) is 17.1 Å². The molecule has 3 aromatic rings. The van der Waals surface area contributed by atoms with Crippen molar-refractivity contribution in [1.29, 1.82) is 0 Å². The number of carbonyl (C=O) groups excluding carboxylic acids is 2. The first-order valence-electron chi connectivity index (χ1n) is 11.8. The van der Waals surface area contributed by atoms with Crippen molar-refractivity contribution in [3.05, 3.63) is 40.3 Å². The smallest absolute Gasteiger partial charge is 0.341 e. The van der Waals surface area contributed by atoms with Crippen molar-refractivity contribution in [2.75, 3.05) is 24.8 Å². The summed E-state index contributed by atoms with van der Waals surface area (Å²) in [6, 6.07) is 7.65. The highest BCUT2D eigenvalue weighted by atomic mass is 32.2. The maximum Gasteiger partial charge on any atom is 0.341 e. The maximum atomic E-state index is 12.9. The third kappa shape index (κ3) is 5.54. The second kappa shape index (κ2) is 11.3. The highest BCUT2D eigenvalue weighted by molar-refractivity contribution is 7.99. The summed E-state index contributed by atoms with van der Waals surface area (Å²) in [6.45, 7) is 6.97. The predicted octanol–water partition coefficient (Wildman–Crippen LogP) is 5.07. The predicted molar refractivity (Wildman–Crippen MR) is 139 cm³/mol. The molecule has 1 aromatic carbocycles. The fourth-order valence-electron chi connectivity index (χ4n) is 4.21. The van der Waals surface area contributed by atoms with Crippen LogP contribution in [0.3, 0.4) is 0 Å². The minimum absolute atomic E-state index is 0.150. The van der Waals surface area contributed by atoms with Gasteiger partial charge in [-0.05, 0) is 56.7 Å². The van der Waals surface area contributed by atoms with E-state index in [2.05, 4.69) is 22.4 Å². The molecule has 1 atom stereocenters. The van der Waals surface area contributed by atoms with Crippen LogP contribution in [0.1, 0.15) is 48.0 Å². The Balaban J connectivity index is 1.49. The zero-order valence-corrected chi connectivity index (χ0v) is 22.1. The van der Waals surface area contributed by atoms with Crippen LogP contribution in [0, 0.1) is 5.92 Å². The number of ether oxygens (including phenoxy) is 2.